The Morgan fingerprint density at radius 2 is 2.33 bits per heavy atom. The van der Waals surface area contributed by atoms with Gasteiger partial charge in [0.2, 0.25) is 10.0 Å². The number of morpholine rings is 1. The van der Waals surface area contributed by atoms with Crippen molar-refractivity contribution in [3.63, 3.8) is 0 Å². The predicted molar refractivity (Wildman–Crippen MR) is 84.1 cm³/mol. The molecule has 120 valence electrons. The number of rotatable bonds is 7. The molecule has 8 heteroatoms. The number of hydrogen-bond donors (Lipinski definition) is 2. The number of sulfonamides is 1. The van der Waals surface area contributed by atoms with Gasteiger partial charge in [-0.05, 0) is 25.0 Å². The monoisotopic (exact) mass is 333 g/mol. The zero-order chi connectivity index (χ0) is 15.3. The molecule has 1 fully saturated rings. The molecular formula is C13H23N3O3S2. The zero-order valence-electron chi connectivity index (χ0n) is 12.5. The molecule has 0 bridgehead atoms. The van der Waals surface area contributed by atoms with Crippen LogP contribution in [0.3, 0.4) is 0 Å². The Kier molecular flexibility index (Phi) is 6.15. The van der Waals surface area contributed by atoms with Crippen LogP contribution in [0.15, 0.2) is 16.3 Å². The first-order chi connectivity index (χ1) is 10.0. The summed E-state index contributed by atoms with van der Waals surface area (Å²) in [6.45, 7) is 5.98. The Morgan fingerprint density at radius 3 is 3.05 bits per heavy atom. The minimum absolute atomic E-state index is 0.0885. The van der Waals surface area contributed by atoms with Crippen LogP contribution in [0.25, 0.3) is 0 Å². The number of nitrogens with zero attached hydrogens (tertiary/aromatic N) is 1. The SMILES string of the molecule is CCNCc1sccc1S(=O)(=O)NCC1CN(C)CCO1. The van der Waals surface area contributed by atoms with Crippen molar-refractivity contribution in [3.8, 4) is 0 Å². The highest BCUT2D eigenvalue weighted by Crippen LogP contribution is 2.21. The molecule has 0 amide bonds. The fourth-order valence-electron chi connectivity index (χ4n) is 2.21. The molecule has 0 aliphatic carbocycles. The van der Waals surface area contributed by atoms with E-state index in [9.17, 15) is 8.42 Å². The summed E-state index contributed by atoms with van der Waals surface area (Å²) in [5.41, 5.74) is 0. The molecule has 0 radical (unpaired) electrons. The first kappa shape index (κ1) is 16.9. The van der Waals surface area contributed by atoms with E-state index in [2.05, 4.69) is 14.9 Å². The number of thiophene rings is 1. The smallest absolute Gasteiger partial charge is 0.241 e. The van der Waals surface area contributed by atoms with Crippen LogP contribution in [0.4, 0.5) is 0 Å². The summed E-state index contributed by atoms with van der Waals surface area (Å²) in [6, 6.07) is 1.66. The van der Waals surface area contributed by atoms with Crippen molar-refractivity contribution in [3.05, 3.63) is 16.3 Å². The van der Waals surface area contributed by atoms with E-state index in [1.165, 1.54) is 11.3 Å². The molecule has 6 nitrogen and oxygen atoms in total. The molecule has 0 aromatic carbocycles. The van der Waals surface area contributed by atoms with Gasteiger partial charge < -0.3 is 15.0 Å². The predicted octanol–water partition coefficient (Wildman–Crippen LogP) is 0.467. The Balaban J connectivity index is 1.96. The Hall–Kier alpha value is -0.510. The summed E-state index contributed by atoms with van der Waals surface area (Å²) < 4.78 is 33.0. The molecule has 1 aliphatic rings. The molecule has 1 aromatic heterocycles. The molecule has 0 spiro atoms. The van der Waals surface area contributed by atoms with Crippen molar-refractivity contribution in [1.29, 1.82) is 0 Å². The summed E-state index contributed by atoms with van der Waals surface area (Å²) >= 11 is 1.46. The number of ether oxygens (including phenoxy) is 1. The van der Waals surface area contributed by atoms with Gasteiger partial charge in [0.05, 0.1) is 17.6 Å². The van der Waals surface area contributed by atoms with Crippen molar-refractivity contribution in [2.24, 2.45) is 0 Å². The fraction of sp³-hybridized carbons (Fsp3) is 0.692. The van der Waals surface area contributed by atoms with Crippen LogP contribution in [-0.4, -0.2) is 59.3 Å². The average molecular weight is 333 g/mol. The lowest BCUT2D eigenvalue weighted by atomic mass is 10.3. The van der Waals surface area contributed by atoms with Crippen molar-refractivity contribution in [2.75, 3.05) is 39.8 Å². The van der Waals surface area contributed by atoms with Gasteiger partial charge in [0.1, 0.15) is 0 Å². The number of nitrogens with one attached hydrogen (secondary N) is 2. The highest BCUT2D eigenvalue weighted by Gasteiger charge is 2.23. The van der Waals surface area contributed by atoms with Gasteiger partial charge in [-0.2, -0.15) is 0 Å². The van der Waals surface area contributed by atoms with Crippen LogP contribution in [-0.2, 0) is 21.3 Å². The van der Waals surface area contributed by atoms with Crippen LogP contribution < -0.4 is 10.0 Å². The Labute approximate surface area is 130 Å². The molecule has 1 aromatic rings. The third kappa shape index (κ3) is 4.73. The maximum absolute atomic E-state index is 12.4. The Bertz CT molecular complexity index is 545. The molecule has 0 saturated carbocycles. The molecule has 2 N–H and O–H groups in total. The summed E-state index contributed by atoms with van der Waals surface area (Å²) in [7, 11) is -1.46. The molecule has 1 unspecified atom stereocenters. The van der Waals surface area contributed by atoms with Gasteiger partial charge in [0.25, 0.3) is 0 Å². The van der Waals surface area contributed by atoms with E-state index in [1.54, 1.807) is 6.07 Å². The fourth-order valence-corrected chi connectivity index (χ4v) is 4.68. The summed E-state index contributed by atoms with van der Waals surface area (Å²) in [6.07, 6.45) is -0.0885. The Morgan fingerprint density at radius 1 is 1.52 bits per heavy atom. The van der Waals surface area contributed by atoms with E-state index >= 15 is 0 Å². The van der Waals surface area contributed by atoms with Crippen LogP contribution in [0, 0.1) is 0 Å². The van der Waals surface area contributed by atoms with E-state index in [1.807, 2.05) is 19.4 Å². The summed E-state index contributed by atoms with van der Waals surface area (Å²) in [4.78, 5) is 3.35. The highest BCUT2D eigenvalue weighted by atomic mass is 32.2. The summed E-state index contributed by atoms with van der Waals surface area (Å²) in [5.74, 6) is 0. The standard InChI is InChI=1S/C13H23N3O3S2/c1-3-14-9-12-13(4-7-20-12)21(17,18)15-8-11-10-16(2)5-6-19-11/h4,7,11,14-15H,3,5-6,8-10H2,1-2H3. The van der Waals surface area contributed by atoms with E-state index in [0.717, 1.165) is 24.5 Å². The lowest BCUT2D eigenvalue weighted by Gasteiger charge is -2.30. The third-order valence-corrected chi connectivity index (χ3v) is 5.93. The molecule has 21 heavy (non-hydrogen) atoms. The first-order valence-electron chi connectivity index (χ1n) is 7.10. The number of likely N-dealkylation sites (N-methyl/N-ethyl adjacent to an activating group) is 1. The maximum Gasteiger partial charge on any atom is 0.241 e. The van der Waals surface area contributed by atoms with Gasteiger partial charge in [-0.15, -0.1) is 11.3 Å². The number of hydrogen-bond acceptors (Lipinski definition) is 6. The van der Waals surface area contributed by atoms with Crippen LogP contribution >= 0.6 is 11.3 Å². The van der Waals surface area contributed by atoms with Gasteiger partial charge >= 0.3 is 0 Å². The van der Waals surface area contributed by atoms with Gasteiger partial charge in [0.15, 0.2) is 0 Å². The van der Waals surface area contributed by atoms with Crippen LogP contribution in [0.5, 0.6) is 0 Å². The quantitative estimate of drug-likeness (QED) is 0.759. The first-order valence-corrected chi connectivity index (χ1v) is 9.46. The van der Waals surface area contributed by atoms with E-state index < -0.39 is 10.0 Å². The van der Waals surface area contributed by atoms with E-state index in [0.29, 0.717) is 24.6 Å². The lowest BCUT2D eigenvalue weighted by Crippen LogP contribution is -2.45. The van der Waals surface area contributed by atoms with Crippen LogP contribution in [0.2, 0.25) is 0 Å². The third-order valence-electron chi connectivity index (χ3n) is 3.37. The zero-order valence-corrected chi connectivity index (χ0v) is 14.1. The van der Waals surface area contributed by atoms with Crippen molar-refractivity contribution >= 4 is 21.4 Å². The largest absolute Gasteiger partial charge is 0.374 e. The highest BCUT2D eigenvalue weighted by molar-refractivity contribution is 7.89. The molecule has 2 heterocycles. The van der Waals surface area contributed by atoms with E-state index in [4.69, 9.17) is 4.74 Å². The normalized spacial score (nSPS) is 20.8. The van der Waals surface area contributed by atoms with Gasteiger partial charge in [-0.25, -0.2) is 13.1 Å². The van der Waals surface area contributed by atoms with Crippen LogP contribution in [0.1, 0.15) is 11.8 Å². The lowest BCUT2D eigenvalue weighted by molar-refractivity contribution is -0.0156. The second-order valence-electron chi connectivity index (χ2n) is 5.10. The van der Waals surface area contributed by atoms with Gasteiger partial charge in [0, 0.05) is 31.1 Å². The van der Waals surface area contributed by atoms with Crippen molar-refractivity contribution < 1.29 is 13.2 Å². The van der Waals surface area contributed by atoms with Gasteiger partial charge in [-0.3, -0.25) is 0 Å². The minimum atomic E-state index is -3.47. The minimum Gasteiger partial charge on any atom is -0.374 e. The molecule has 1 aliphatic heterocycles. The molecule has 1 atom stereocenters. The second-order valence-corrected chi connectivity index (χ2v) is 7.83. The van der Waals surface area contributed by atoms with Crippen molar-refractivity contribution in [2.45, 2.75) is 24.5 Å². The second kappa shape index (κ2) is 7.66. The van der Waals surface area contributed by atoms with E-state index in [-0.39, 0.29) is 6.10 Å². The molecule has 1 saturated heterocycles. The van der Waals surface area contributed by atoms with Crippen molar-refractivity contribution in [1.82, 2.24) is 14.9 Å². The molecular weight excluding hydrogens is 310 g/mol. The summed E-state index contributed by atoms with van der Waals surface area (Å²) in [5, 5.41) is 4.97. The van der Waals surface area contributed by atoms with Gasteiger partial charge in [-0.1, -0.05) is 6.92 Å². The average Bonchev–Trinajstić information content (AvgIpc) is 2.92. The topological polar surface area (TPSA) is 70.7 Å². The maximum atomic E-state index is 12.4. The molecule has 2 rings (SSSR count).